The Hall–Kier alpha value is -1.95. The molecule has 0 amide bonds. The maximum Gasteiger partial charge on any atom is 0.240 e. The first kappa shape index (κ1) is 10.1. The van der Waals surface area contributed by atoms with Crippen molar-refractivity contribution in [3.05, 3.63) is 35.4 Å². The summed E-state index contributed by atoms with van der Waals surface area (Å²) in [6.07, 6.45) is 3.39. The molecule has 0 aliphatic heterocycles. The van der Waals surface area contributed by atoms with Gasteiger partial charge >= 0.3 is 0 Å². The number of hydrogen-bond donors (Lipinski definition) is 0. The molecular formula is C11H9NO2. The minimum absolute atomic E-state index is 0.505. The Kier molecular flexibility index (Phi) is 3.57. The van der Waals surface area contributed by atoms with Gasteiger partial charge in [-0.05, 0) is 24.1 Å². The van der Waals surface area contributed by atoms with E-state index in [0.29, 0.717) is 12.1 Å². The summed E-state index contributed by atoms with van der Waals surface area (Å²) in [5.74, 6) is 1.70. The van der Waals surface area contributed by atoms with E-state index >= 15 is 0 Å². The van der Waals surface area contributed by atoms with Crippen LogP contribution in [0.5, 0.6) is 0 Å². The molecule has 0 saturated heterocycles. The number of rotatable bonds is 3. The normalized spacial score (nSPS) is 8.64. The highest BCUT2D eigenvalue weighted by atomic mass is 16.1. The summed E-state index contributed by atoms with van der Waals surface area (Å²) in [5, 5.41) is 0. The number of isocyanates is 1. The average molecular weight is 187 g/mol. The summed E-state index contributed by atoms with van der Waals surface area (Å²) < 4.78 is 0. The average Bonchev–Trinajstić information content (AvgIpc) is 2.19. The third-order valence-corrected chi connectivity index (χ3v) is 1.86. The minimum atomic E-state index is 0.505. The molecule has 0 bridgehead atoms. The Morgan fingerprint density at radius 3 is 2.86 bits per heavy atom. The molecule has 0 unspecified atom stereocenters. The van der Waals surface area contributed by atoms with Crippen molar-refractivity contribution >= 4 is 17.7 Å². The second-order valence-electron chi connectivity index (χ2n) is 2.85. The second kappa shape index (κ2) is 4.93. The Morgan fingerprint density at radius 1 is 1.43 bits per heavy atom. The molecule has 1 aromatic rings. The zero-order valence-electron chi connectivity index (χ0n) is 7.78. The van der Waals surface area contributed by atoms with Crippen LogP contribution in [0.4, 0.5) is 5.69 Å². The van der Waals surface area contributed by atoms with E-state index in [-0.39, 0.29) is 0 Å². The lowest BCUT2D eigenvalue weighted by molar-refractivity contribution is 0.565. The van der Waals surface area contributed by atoms with Gasteiger partial charge in [-0.25, -0.2) is 9.59 Å². The third-order valence-electron chi connectivity index (χ3n) is 1.86. The SMILES string of the molecule is Cc1ccc(CC=C=O)cc1N=C=O. The van der Waals surface area contributed by atoms with Crippen LogP contribution >= 0.6 is 0 Å². The van der Waals surface area contributed by atoms with Crippen LogP contribution < -0.4 is 0 Å². The fourth-order valence-electron chi connectivity index (χ4n) is 1.11. The first-order valence-corrected chi connectivity index (χ1v) is 4.14. The van der Waals surface area contributed by atoms with Gasteiger partial charge in [-0.3, -0.25) is 0 Å². The summed E-state index contributed by atoms with van der Waals surface area (Å²) in [4.78, 5) is 23.6. The standard InChI is InChI=1S/C11H9NO2/c1-9-4-5-10(3-2-6-13)7-11(9)12-8-14/h2,4-5,7H,3H2,1H3. The van der Waals surface area contributed by atoms with E-state index in [1.54, 1.807) is 12.0 Å². The topological polar surface area (TPSA) is 46.5 Å². The summed E-state index contributed by atoms with van der Waals surface area (Å²) in [7, 11) is 0. The van der Waals surface area contributed by atoms with E-state index in [0.717, 1.165) is 11.1 Å². The van der Waals surface area contributed by atoms with Crippen LogP contribution in [-0.4, -0.2) is 12.0 Å². The molecule has 0 saturated carbocycles. The Balaban J connectivity index is 3.05. The predicted octanol–water partition coefficient (Wildman–Crippen LogP) is 1.89. The summed E-state index contributed by atoms with van der Waals surface area (Å²) in [5.41, 5.74) is 2.43. The van der Waals surface area contributed by atoms with Crippen molar-refractivity contribution in [2.24, 2.45) is 4.99 Å². The molecule has 3 heteroatoms. The summed E-state index contributed by atoms with van der Waals surface area (Å²) in [6, 6.07) is 5.49. The number of hydrogen-bond acceptors (Lipinski definition) is 3. The van der Waals surface area contributed by atoms with Crippen LogP contribution in [0.3, 0.4) is 0 Å². The van der Waals surface area contributed by atoms with Crippen LogP contribution in [0.1, 0.15) is 11.1 Å². The van der Waals surface area contributed by atoms with Gasteiger partial charge < -0.3 is 0 Å². The second-order valence-corrected chi connectivity index (χ2v) is 2.85. The molecule has 1 rings (SSSR count). The van der Waals surface area contributed by atoms with Gasteiger partial charge in [-0.15, -0.1) is 0 Å². The van der Waals surface area contributed by atoms with Crippen LogP contribution in [0, 0.1) is 6.92 Å². The van der Waals surface area contributed by atoms with Gasteiger partial charge in [0.2, 0.25) is 6.08 Å². The van der Waals surface area contributed by atoms with E-state index in [4.69, 9.17) is 0 Å². The molecule has 3 nitrogen and oxygen atoms in total. The van der Waals surface area contributed by atoms with Gasteiger partial charge in [0.15, 0.2) is 0 Å². The molecule has 0 fully saturated rings. The predicted molar refractivity (Wildman–Crippen MR) is 52.9 cm³/mol. The van der Waals surface area contributed by atoms with Gasteiger partial charge in [-0.2, -0.15) is 4.99 Å². The molecule has 0 aromatic heterocycles. The zero-order chi connectivity index (χ0) is 10.4. The van der Waals surface area contributed by atoms with Gasteiger partial charge in [0.25, 0.3) is 0 Å². The number of carbonyl (C=O) groups excluding carboxylic acids is 2. The van der Waals surface area contributed by atoms with Gasteiger partial charge in [0.05, 0.1) is 5.69 Å². The molecule has 70 valence electrons. The molecule has 0 aliphatic rings. The zero-order valence-corrected chi connectivity index (χ0v) is 7.78. The lowest BCUT2D eigenvalue weighted by Crippen LogP contribution is -1.82. The number of allylic oxidation sites excluding steroid dienone is 1. The Labute approximate surface area is 81.8 Å². The summed E-state index contributed by atoms with van der Waals surface area (Å²) >= 11 is 0. The molecule has 1 aromatic carbocycles. The Bertz CT molecular complexity index is 425. The largest absolute Gasteiger partial charge is 0.240 e. The van der Waals surface area contributed by atoms with E-state index in [1.165, 1.54) is 12.2 Å². The lowest BCUT2D eigenvalue weighted by atomic mass is 10.1. The van der Waals surface area contributed by atoms with Crippen LogP contribution in [-0.2, 0) is 16.0 Å². The molecular weight excluding hydrogens is 178 g/mol. The first-order chi connectivity index (χ1) is 6.77. The lowest BCUT2D eigenvalue weighted by Gasteiger charge is -2.00. The highest BCUT2D eigenvalue weighted by molar-refractivity contribution is 5.55. The molecule has 0 aliphatic carbocycles. The number of aliphatic imine (C=N–C) groups is 1. The fourth-order valence-corrected chi connectivity index (χ4v) is 1.11. The highest BCUT2D eigenvalue weighted by Gasteiger charge is 1.97. The van der Waals surface area contributed by atoms with Crippen LogP contribution in [0.25, 0.3) is 0 Å². The smallest absolute Gasteiger partial charge is 0.234 e. The van der Waals surface area contributed by atoms with Gasteiger partial charge in [0, 0.05) is 12.5 Å². The number of nitrogens with zero attached hydrogens (tertiary/aromatic N) is 1. The fraction of sp³-hybridized carbons (Fsp3) is 0.182. The van der Waals surface area contributed by atoms with Crippen LogP contribution in [0.15, 0.2) is 29.3 Å². The maximum atomic E-state index is 10.1. The van der Waals surface area contributed by atoms with E-state index < -0.39 is 0 Å². The monoisotopic (exact) mass is 187 g/mol. The van der Waals surface area contributed by atoms with Crippen LogP contribution in [0.2, 0.25) is 0 Å². The molecule has 0 atom stereocenters. The van der Waals surface area contributed by atoms with Crippen molar-refractivity contribution in [3.8, 4) is 0 Å². The molecule has 14 heavy (non-hydrogen) atoms. The number of benzene rings is 1. The number of aryl methyl sites for hydroxylation is 1. The maximum absolute atomic E-state index is 10.1. The highest BCUT2D eigenvalue weighted by Crippen LogP contribution is 2.19. The van der Waals surface area contributed by atoms with Crippen molar-refractivity contribution in [3.63, 3.8) is 0 Å². The van der Waals surface area contributed by atoms with Crippen molar-refractivity contribution in [2.75, 3.05) is 0 Å². The van der Waals surface area contributed by atoms with Gasteiger partial charge in [-0.1, -0.05) is 12.1 Å². The van der Waals surface area contributed by atoms with Crippen molar-refractivity contribution in [1.29, 1.82) is 0 Å². The minimum Gasteiger partial charge on any atom is -0.234 e. The third kappa shape index (κ3) is 2.53. The van der Waals surface area contributed by atoms with Crippen molar-refractivity contribution in [1.82, 2.24) is 0 Å². The molecule has 0 N–H and O–H groups in total. The van der Waals surface area contributed by atoms with E-state index in [1.807, 2.05) is 19.1 Å². The first-order valence-electron chi connectivity index (χ1n) is 4.14. The Morgan fingerprint density at radius 2 is 2.21 bits per heavy atom. The molecule has 0 spiro atoms. The van der Waals surface area contributed by atoms with Gasteiger partial charge in [0.1, 0.15) is 5.94 Å². The molecule has 0 radical (unpaired) electrons. The molecule has 0 heterocycles. The van der Waals surface area contributed by atoms with E-state index in [9.17, 15) is 9.59 Å². The van der Waals surface area contributed by atoms with Crippen molar-refractivity contribution < 1.29 is 9.59 Å². The quantitative estimate of drug-likeness (QED) is 0.412. The summed E-state index contributed by atoms with van der Waals surface area (Å²) in [6.45, 7) is 1.86. The van der Waals surface area contributed by atoms with Crippen molar-refractivity contribution in [2.45, 2.75) is 13.3 Å². The van der Waals surface area contributed by atoms with E-state index in [2.05, 4.69) is 4.99 Å².